The van der Waals surface area contributed by atoms with Gasteiger partial charge in [0.25, 0.3) is 5.91 Å². The molecule has 28 heavy (non-hydrogen) atoms. The van der Waals surface area contributed by atoms with E-state index in [1.165, 1.54) is 12.0 Å². The van der Waals surface area contributed by atoms with Crippen molar-refractivity contribution in [1.82, 2.24) is 0 Å². The van der Waals surface area contributed by atoms with Crippen LogP contribution in [0.1, 0.15) is 31.9 Å². The maximum absolute atomic E-state index is 13.4. The summed E-state index contributed by atoms with van der Waals surface area (Å²) in [5, 5.41) is 0.530. The smallest absolute Gasteiger partial charge is 0.325 e. The number of fused-ring (bicyclic) bond motifs is 1. The van der Waals surface area contributed by atoms with Crippen molar-refractivity contribution in [3.05, 3.63) is 64.7 Å². The quantitative estimate of drug-likeness (QED) is 0.731. The third kappa shape index (κ3) is 3.94. The van der Waals surface area contributed by atoms with Crippen molar-refractivity contribution >= 4 is 34.9 Å². The van der Waals surface area contributed by atoms with Crippen LogP contribution in [0.4, 0.5) is 5.69 Å². The molecular weight excluding hydrogens is 376 g/mol. The highest BCUT2D eigenvalue weighted by atomic mass is 35.5. The van der Waals surface area contributed by atoms with E-state index in [4.69, 9.17) is 21.3 Å². The molecule has 146 valence electrons. The molecule has 5 nitrogen and oxygen atoms in total. The molecule has 2 aromatic rings. The van der Waals surface area contributed by atoms with E-state index < -0.39 is 17.4 Å². The van der Waals surface area contributed by atoms with Gasteiger partial charge in [-0.25, -0.2) is 0 Å². The Bertz CT molecular complexity index is 933. The second-order valence-corrected chi connectivity index (χ2v) is 8.21. The Balaban J connectivity index is 2.28. The van der Waals surface area contributed by atoms with Gasteiger partial charge in [0.1, 0.15) is 12.6 Å². The fourth-order valence-corrected chi connectivity index (χ4v) is 3.37. The Labute approximate surface area is 170 Å². The van der Waals surface area contributed by atoms with Crippen LogP contribution in [0.15, 0.2) is 53.5 Å². The average Bonchev–Trinajstić information content (AvgIpc) is 2.77. The topological polar surface area (TPSA) is 59.0 Å². The van der Waals surface area contributed by atoms with Gasteiger partial charge in [-0.05, 0) is 23.6 Å². The molecule has 1 amide bonds. The number of benzene rings is 2. The van der Waals surface area contributed by atoms with Gasteiger partial charge in [0.15, 0.2) is 0 Å². The van der Waals surface area contributed by atoms with Crippen molar-refractivity contribution in [2.45, 2.75) is 26.8 Å². The molecule has 1 atom stereocenters. The van der Waals surface area contributed by atoms with Gasteiger partial charge in [-0.2, -0.15) is 0 Å². The molecular formula is C22H23ClN2O3. The van der Waals surface area contributed by atoms with Gasteiger partial charge in [-0.3, -0.25) is 19.5 Å². The number of benzodiazepines with no additional fused rings is 1. The number of anilines is 1. The molecule has 3 rings (SSSR count). The highest BCUT2D eigenvalue weighted by molar-refractivity contribution is 6.32. The van der Waals surface area contributed by atoms with Gasteiger partial charge in [0.2, 0.25) is 0 Å². The van der Waals surface area contributed by atoms with Crippen molar-refractivity contribution in [2.24, 2.45) is 10.4 Å². The molecule has 6 heteroatoms. The van der Waals surface area contributed by atoms with Crippen LogP contribution in [0.2, 0.25) is 5.02 Å². The molecule has 0 saturated heterocycles. The summed E-state index contributed by atoms with van der Waals surface area (Å²) in [5.74, 6) is -0.738. The second kappa shape index (κ2) is 7.76. The minimum atomic E-state index is -0.668. The Morgan fingerprint density at radius 3 is 2.46 bits per heavy atom. The van der Waals surface area contributed by atoms with Gasteiger partial charge in [-0.15, -0.1) is 0 Å². The van der Waals surface area contributed by atoms with Crippen LogP contribution in [0, 0.1) is 5.41 Å². The zero-order valence-corrected chi connectivity index (χ0v) is 17.2. The predicted octanol–water partition coefficient (Wildman–Crippen LogP) is 4.11. The molecule has 0 saturated carbocycles. The number of rotatable bonds is 3. The highest BCUT2D eigenvalue weighted by Crippen LogP contribution is 2.35. The van der Waals surface area contributed by atoms with Gasteiger partial charge in [-0.1, -0.05) is 62.7 Å². The second-order valence-electron chi connectivity index (χ2n) is 7.77. The number of esters is 1. The van der Waals surface area contributed by atoms with Crippen molar-refractivity contribution in [2.75, 3.05) is 18.6 Å². The van der Waals surface area contributed by atoms with Crippen molar-refractivity contribution in [3.63, 3.8) is 0 Å². The third-order valence-corrected chi connectivity index (χ3v) is 4.88. The summed E-state index contributed by atoms with van der Waals surface area (Å²) in [7, 11) is 1.31. The fourth-order valence-electron chi connectivity index (χ4n) is 3.20. The molecule has 1 aliphatic rings. The SMILES string of the molecule is COC(=O)CN1C(=O)C(C(C)(C)C)N=C(c2ccccc2)c2cc(Cl)ccc21. The minimum Gasteiger partial charge on any atom is -0.468 e. The summed E-state index contributed by atoms with van der Waals surface area (Å²) in [6, 6.07) is 14.2. The normalized spacial score (nSPS) is 16.9. The van der Waals surface area contributed by atoms with E-state index in [0.29, 0.717) is 22.0 Å². The van der Waals surface area contributed by atoms with Gasteiger partial charge < -0.3 is 4.74 Å². The van der Waals surface area contributed by atoms with Gasteiger partial charge in [0.05, 0.1) is 18.5 Å². The maximum atomic E-state index is 13.4. The Morgan fingerprint density at radius 2 is 1.86 bits per heavy atom. The summed E-state index contributed by atoms with van der Waals surface area (Å²) in [6.45, 7) is 5.69. The summed E-state index contributed by atoms with van der Waals surface area (Å²) >= 11 is 6.28. The fraction of sp³-hybridized carbons (Fsp3) is 0.318. The Kier molecular flexibility index (Phi) is 5.57. The van der Waals surface area contributed by atoms with Gasteiger partial charge in [0, 0.05) is 16.1 Å². The molecule has 0 aliphatic carbocycles. The largest absolute Gasteiger partial charge is 0.468 e. The van der Waals surface area contributed by atoms with Crippen LogP contribution in [0.5, 0.6) is 0 Å². The van der Waals surface area contributed by atoms with E-state index in [1.54, 1.807) is 18.2 Å². The van der Waals surface area contributed by atoms with E-state index in [1.807, 2.05) is 51.1 Å². The third-order valence-electron chi connectivity index (χ3n) is 4.65. The zero-order valence-electron chi connectivity index (χ0n) is 16.4. The van der Waals surface area contributed by atoms with Crippen LogP contribution in [-0.2, 0) is 14.3 Å². The molecule has 2 aromatic carbocycles. The number of ether oxygens (including phenoxy) is 1. The van der Waals surface area contributed by atoms with Crippen LogP contribution in [0.3, 0.4) is 0 Å². The van der Waals surface area contributed by atoms with E-state index in [9.17, 15) is 9.59 Å². The average molecular weight is 399 g/mol. The molecule has 0 radical (unpaired) electrons. The van der Waals surface area contributed by atoms with Crippen LogP contribution in [0.25, 0.3) is 0 Å². The molecule has 0 aromatic heterocycles. The lowest BCUT2D eigenvalue weighted by molar-refractivity contribution is -0.140. The first kappa shape index (κ1) is 20.1. The highest BCUT2D eigenvalue weighted by Gasteiger charge is 2.39. The number of amides is 1. The predicted molar refractivity (Wildman–Crippen MR) is 111 cm³/mol. The minimum absolute atomic E-state index is 0.186. The van der Waals surface area contributed by atoms with Crippen LogP contribution >= 0.6 is 11.6 Å². The monoisotopic (exact) mass is 398 g/mol. The zero-order chi connectivity index (χ0) is 20.5. The lowest BCUT2D eigenvalue weighted by atomic mass is 9.86. The summed E-state index contributed by atoms with van der Waals surface area (Å²) in [4.78, 5) is 31.8. The summed E-state index contributed by atoms with van der Waals surface area (Å²) in [5.41, 5.74) is 2.42. The van der Waals surface area contributed by atoms with E-state index in [2.05, 4.69) is 0 Å². The molecule has 0 N–H and O–H groups in total. The van der Waals surface area contributed by atoms with Crippen molar-refractivity contribution in [1.29, 1.82) is 0 Å². The number of hydrogen-bond donors (Lipinski definition) is 0. The lowest BCUT2D eigenvalue weighted by Gasteiger charge is -2.30. The molecule has 0 spiro atoms. The van der Waals surface area contributed by atoms with E-state index >= 15 is 0 Å². The maximum Gasteiger partial charge on any atom is 0.325 e. The number of hydrogen-bond acceptors (Lipinski definition) is 4. The number of carbonyl (C=O) groups is 2. The standard InChI is InChI=1S/C22H23ClN2O3/c1-22(2,3)20-21(27)25(13-18(26)28-4)17-11-10-15(23)12-16(17)19(24-20)14-8-6-5-7-9-14/h5-12,20H,13H2,1-4H3. The summed E-state index contributed by atoms with van der Waals surface area (Å²) in [6.07, 6.45) is 0. The molecule has 1 heterocycles. The number of nitrogens with zero attached hydrogens (tertiary/aromatic N) is 2. The molecule has 1 unspecified atom stereocenters. The molecule has 0 bridgehead atoms. The van der Waals surface area contributed by atoms with Crippen molar-refractivity contribution in [3.8, 4) is 0 Å². The first-order valence-electron chi connectivity index (χ1n) is 9.03. The summed E-state index contributed by atoms with van der Waals surface area (Å²) < 4.78 is 4.82. The van der Waals surface area contributed by atoms with Crippen LogP contribution in [-0.4, -0.2) is 37.3 Å². The number of aliphatic imine (C=N–C) groups is 1. The molecule has 0 fully saturated rings. The molecule has 1 aliphatic heterocycles. The van der Waals surface area contributed by atoms with Crippen LogP contribution < -0.4 is 4.90 Å². The van der Waals surface area contributed by atoms with E-state index in [0.717, 1.165) is 5.56 Å². The number of carbonyl (C=O) groups excluding carboxylic acids is 2. The van der Waals surface area contributed by atoms with E-state index in [-0.39, 0.29) is 12.5 Å². The number of halogens is 1. The lowest BCUT2D eigenvalue weighted by Crippen LogP contribution is -2.46. The van der Waals surface area contributed by atoms with Crippen molar-refractivity contribution < 1.29 is 14.3 Å². The number of methoxy groups -OCH3 is 1. The Morgan fingerprint density at radius 1 is 1.18 bits per heavy atom. The first-order valence-corrected chi connectivity index (χ1v) is 9.41. The first-order chi connectivity index (χ1) is 13.2. The van der Waals surface area contributed by atoms with Gasteiger partial charge >= 0.3 is 5.97 Å². The Hall–Kier alpha value is -2.66.